The minimum atomic E-state index is -4.32. The number of quaternary nitrogens is 1. The van der Waals surface area contributed by atoms with Crippen molar-refractivity contribution in [2.75, 3.05) is 40.9 Å². The van der Waals surface area contributed by atoms with Crippen LogP contribution in [-0.4, -0.2) is 73.4 Å². The van der Waals surface area contributed by atoms with E-state index in [1.54, 1.807) is 0 Å². The van der Waals surface area contributed by atoms with E-state index in [2.05, 4.69) is 31.3 Å². The number of allylic oxidation sites excluding steroid dienone is 2. The van der Waals surface area contributed by atoms with Gasteiger partial charge in [-0.3, -0.25) is 13.8 Å². The maximum absolute atomic E-state index is 13.0. The van der Waals surface area contributed by atoms with Crippen LogP contribution in [0.4, 0.5) is 0 Å². The van der Waals surface area contributed by atoms with E-state index in [0.717, 1.165) is 38.5 Å². The summed E-state index contributed by atoms with van der Waals surface area (Å²) in [7, 11) is 1.63. The maximum atomic E-state index is 13.0. The lowest BCUT2D eigenvalue weighted by Gasteiger charge is -2.26. The average molecular weight is 971 g/mol. The van der Waals surface area contributed by atoms with E-state index in [1.807, 2.05) is 21.1 Å². The molecule has 0 rings (SSSR count). The summed E-state index contributed by atoms with van der Waals surface area (Å²) in [5.41, 5.74) is 0. The Hall–Kier alpha value is -0.760. The van der Waals surface area contributed by atoms with E-state index in [9.17, 15) is 19.4 Å². The smallest absolute Gasteiger partial charge is 0.391 e. The van der Waals surface area contributed by atoms with Crippen LogP contribution in [0.25, 0.3) is 0 Å². The summed E-state index contributed by atoms with van der Waals surface area (Å²) < 4.78 is 23.8. The lowest BCUT2D eigenvalue weighted by atomic mass is 10.0. The second kappa shape index (κ2) is 50.2. The van der Waals surface area contributed by atoms with Gasteiger partial charge in [0.15, 0.2) is 0 Å². The molecule has 0 aromatic rings. The first-order valence-corrected chi connectivity index (χ1v) is 31.0. The number of hydrogen-bond acceptors (Lipinski definition) is 5. The molecule has 0 saturated carbocycles. The van der Waals surface area contributed by atoms with E-state index in [-0.39, 0.29) is 19.1 Å². The summed E-state index contributed by atoms with van der Waals surface area (Å²) in [4.78, 5) is 23.3. The number of carbonyl (C=O) groups excluding carboxylic acids is 1. The van der Waals surface area contributed by atoms with Gasteiger partial charge in [0.2, 0.25) is 5.91 Å². The molecule has 3 atom stereocenters. The minimum Gasteiger partial charge on any atom is -0.391 e. The van der Waals surface area contributed by atoms with E-state index in [1.165, 1.54) is 238 Å². The van der Waals surface area contributed by atoms with Gasteiger partial charge in [0.05, 0.1) is 39.9 Å². The Labute approximate surface area is 418 Å². The number of nitrogens with zero attached hydrogens (tertiary/aromatic N) is 1. The Bertz CT molecular complexity index is 1100. The molecule has 1 amide bonds. The van der Waals surface area contributed by atoms with E-state index >= 15 is 0 Å². The van der Waals surface area contributed by atoms with Crippen LogP contribution in [0.5, 0.6) is 0 Å². The Morgan fingerprint density at radius 3 is 1.15 bits per heavy atom. The molecule has 0 aliphatic rings. The molecule has 3 N–H and O–H groups in total. The molecule has 3 unspecified atom stereocenters. The first kappa shape index (κ1) is 66.2. The highest BCUT2D eigenvalue weighted by atomic mass is 31.2. The van der Waals surface area contributed by atoms with Crippen molar-refractivity contribution in [2.45, 2.75) is 315 Å². The second-order valence-corrected chi connectivity index (χ2v) is 23.2. The zero-order chi connectivity index (χ0) is 49.2. The lowest BCUT2D eigenvalue weighted by Crippen LogP contribution is -2.46. The van der Waals surface area contributed by atoms with Gasteiger partial charge in [0, 0.05) is 6.42 Å². The molecule has 0 heterocycles. The first-order valence-electron chi connectivity index (χ1n) is 29.6. The zero-order valence-electron chi connectivity index (χ0n) is 45.7. The molecule has 0 aliphatic heterocycles. The van der Waals surface area contributed by atoms with Crippen molar-refractivity contribution >= 4 is 13.7 Å². The Kier molecular flexibility index (Phi) is 49.6. The van der Waals surface area contributed by atoms with Crippen molar-refractivity contribution in [3.8, 4) is 0 Å². The fraction of sp³-hybridized carbons (Fsp3) is 0.948. The summed E-state index contributed by atoms with van der Waals surface area (Å²) in [5, 5.41) is 14.1. The number of phosphoric acid groups is 1. The first-order chi connectivity index (χ1) is 32.5. The number of likely N-dealkylation sites (N-methyl/N-ethyl adjacent to an activating group) is 1. The molecule has 8 nitrogen and oxygen atoms in total. The molecule has 9 heteroatoms. The number of amides is 1. The third kappa shape index (κ3) is 52.9. The van der Waals surface area contributed by atoms with Crippen LogP contribution in [-0.2, 0) is 18.4 Å². The predicted molar refractivity (Wildman–Crippen MR) is 291 cm³/mol. The standard InChI is InChI=1S/C58H117N2O6P/c1-6-8-10-12-14-16-18-20-22-24-26-28-29-30-31-32-33-35-37-39-41-43-45-47-49-51-57(61)56(55-66-67(63,64)65-54-53-60(3,4)5)59-58(62)52-50-48-46-44-42-40-38-36-34-27-25-23-21-19-17-15-13-11-9-7-2/h27,34,56-57,61H,6-26,28-33,35-55H2,1-5H3,(H-,59,62,63,64)/p+1/b34-27-. The SMILES string of the molecule is CCCCCCCCCCC/C=C\CCCCCCCCCC(=O)NC(COP(=O)(O)OCC[N+](C)(C)C)C(O)CCCCCCCCCCCCCCCCCCCCCCCCCCC. The van der Waals surface area contributed by atoms with Crippen LogP contribution in [0, 0.1) is 0 Å². The zero-order valence-corrected chi connectivity index (χ0v) is 46.6. The summed E-state index contributed by atoms with van der Waals surface area (Å²) in [6.45, 7) is 4.93. The third-order valence-corrected chi connectivity index (χ3v) is 14.7. The highest BCUT2D eigenvalue weighted by Crippen LogP contribution is 2.43. The summed E-state index contributed by atoms with van der Waals surface area (Å²) in [5.74, 6) is -0.143. The van der Waals surface area contributed by atoms with Crippen LogP contribution in [0.3, 0.4) is 0 Å². The topological polar surface area (TPSA) is 105 Å². The van der Waals surface area contributed by atoms with Crippen molar-refractivity contribution in [1.82, 2.24) is 5.32 Å². The van der Waals surface area contributed by atoms with Gasteiger partial charge in [-0.2, -0.15) is 0 Å². The molecule has 0 bridgehead atoms. The number of aliphatic hydroxyl groups is 1. The van der Waals surface area contributed by atoms with Crippen molar-refractivity contribution in [3.63, 3.8) is 0 Å². The minimum absolute atomic E-state index is 0.0763. The number of rotatable bonds is 55. The fourth-order valence-corrected chi connectivity index (χ4v) is 9.84. The molecular formula is C58H118N2O6P+. The van der Waals surface area contributed by atoms with Crippen LogP contribution in [0.2, 0.25) is 0 Å². The van der Waals surface area contributed by atoms with Crippen LogP contribution < -0.4 is 5.32 Å². The molecule has 0 fully saturated rings. The molecule has 400 valence electrons. The molecule has 0 saturated heterocycles. The normalized spacial score (nSPS) is 14.0. The number of carbonyl (C=O) groups is 1. The lowest BCUT2D eigenvalue weighted by molar-refractivity contribution is -0.870. The van der Waals surface area contributed by atoms with E-state index in [0.29, 0.717) is 23.9 Å². The summed E-state index contributed by atoms with van der Waals surface area (Å²) in [6, 6.07) is -0.761. The van der Waals surface area contributed by atoms with Crippen molar-refractivity contribution in [3.05, 3.63) is 12.2 Å². The van der Waals surface area contributed by atoms with Crippen LogP contribution in [0.15, 0.2) is 12.2 Å². The van der Waals surface area contributed by atoms with Crippen molar-refractivity contribution < 1.29 is 32.9 Å². The van der Waals surface area contributed by atoms with Gasteiger partial charge in [0.25, 0.3) is 0 Å². The second-order valence-electron chi connectivity index (χ2n) is 21.7. The molecule has 0 aromatic heterocycles. The number of nitrogens with one attached hydrogen (secondary N) is 1. The van der Waals surface area contributed by atoms with Crippen molar-refractivity contribution in [2.24, 2.45) is 0 Å². The summed E-state index contributed by atoms with van der Waals surface area (Å²) >= 11 is 0. The van der Waals surface area contributed by atoms with Gasteiger partial charge in [-0.05, 0) is 38.5 Å². The molecular weight excluding hydrogens is 852 g/mol. The van der Waals surface area contributed by atoms with Crippen molar-refractivity contribution in [1.29, 1.82) is 0 Å². The van der Waals surface area contributed by atoms with Gasteiger partial charge in [0.1, 0.15) is 13.2 Å². The van der Waals surface area contributed by atoms with Gasteiger partial charge >= 0.3 is 7.82 Å². The molecule has 0 aliphatic carbocycles. The molecule has 0 spiro atoms. The van der Waals surface area contributed by atoms with Crippen LogP contribution in [0.1, 0.15) is 303 Å². The quantitative estimate of drug-likeness (QED) is 0.0243. The number of phosphoric ester groups is 1. The van der Waals surface area contributed by atoms with Gasteiger partial charge in [-0.15, -0.1) is 0 Å². The predicted octanol–water partition coefficient (Wildman–Crippen LogP) is 17.8. The Morgan fingerprint density at radius 1 is 0.493 bits per heavy atom. The number of unbranched alkanes of at least 4 members (excludes halogenated alkanes) is 40. The number of hydrogen-bond donors (Lipinski definition) is 3. The third-order valence-electron chi connectivity index (χ3n) is 13.8. The molecule has 0 radical (unpaired) electrons. The molecule has 0 aromatic carbocycles. The Balaban J connectivity index is 4.13. The highest BCUT2D eigenvalue weighted by Gasteiger charge is 2.28. The van der Waals surface area contributed by atoms with Gasteiger partial charge < -0.3 is 19.8 Å². The van der Waals surface area contributed by atoms with E-state index < -0.39 is 20.0 Å². The van der Waals surface area contributed by atoms with Gasteiger partial charge in [-0.25, -0.2) is 4.57 Å². The highest BCUT2D eigenvalue weighted by molar-refractivity contribution is 7.47. The summed E-state index contributed by atoms with van der Waals surface area (Å²) in [6.07, 6.45) is 61.3. The van der Waals surface area contributed by atoms with E-state index in [4.69, 9.17) is 9.05 Å². The molecule has 67 heavy (non-hydrogen) atoms. The average Bonchev–Trinajstić information content (AvgIpc) is 3.29. The fourth-order valence-electron chi connectivity index (χ4n) is 9.10. The number of aliphatic hydroxyl groups excluding tert-OH is 1. The monoisotopic (exact) mass is 970 g/mol. The largest absolute Gasteiger partial charge is 0.472 e. The maximum Gasteiger partial charge on any atom is 0.472 e. The van der Waals surface area contributed by atoms with Gasteiger partial charge in [-0.1, -0.05) is 270 Å². The van der Waals surface area contributed by atoms with Crippen LogP contribution >= 0.6 is 7.82 Å². The Morgan fingerprint density at radius 2 is 0.806 bits per heavy atom.